The number of fused-ring (bicyclic) bond motifs is 1. The minimum absolute atomic E-state index is 0.0760. The fraction of sp³-hybridized carbons (Fsp3) is 0.238. The predicted molar refractivity (Wildman–Crippen MR) is 101 cm³/mol. The van der Waals surface area contributed by atoms with Crippen LogP contribution in [-0.2, 0) is 4.79 Å². The average Bonchev–Trinajstić information content (AvgIpc) is 2.56. The largest absolute Gasteiger partial charge is 0.478 e. The molecule has 2 aromatic carbocycles. The number of carboxylic acids is 1. The number of rotatable bonds is 5. The number of hydrogen-bond donors (Lipinski definition) is 1. The van der Waals surface area contributed by atoms with Gasteiger partial charge in [-0.25, -0.2) is 4.79 Å². The third kappa shape index (κ3) is 3.95. The Balaban J connectivity index is 1.95. The molecule has 0 amide bonds. The predicted octanol–water partition coefficient (Wildman–Crippen LogP) is 4.44. The molecular weight excluding hydrogens is 348 g/mol. The fourth-order valence-corrected chi connectivity index (χ4v) is 2.68. The van der Waals surface area contributed by atoms with Gasteiger partial charge in [0.2, 0.25) is 11.2 Å². The molecule has 0 unspecified atom stereocenters. The number of hydrogen-bond acceptors (Lipinski definition) is 5. The maximum Gasteiger partial charge on any atom is 0.347 e. The molecule has 0 aliphatic heterocycles. The number of aliphatic carboxylic acids is 1. The standard InChI is InChI=1S/C21H20O6/c1-12-7-13(2)9-15(8-12)26-18-11-25-17-10-14(5-6-16(17)19(18)22)27-21(3,4)20(23)24/h5-11H,1-4H3,(H,23,24). The highest BCUT2D eigenvalue weighted by Crippen LogP contribution is 2.27. The van der Waals surface area contributed by atoms with E-state index in [4.69, 9.17) is 19.0 Å². The molecule has 0 aliphatic rings. The Morgan fingerprint density at radius 2 is 1.70 bits per heavy atom. The second-order valence-corrected chi connectivity index (χ2v) is 6.93. The average molecular weight is 368 g/mol. The summed E-state index contributed by atoms with van der Waals surface area (Å²) < 4.78 is 16.7. The number of ether oxygens (including phenoxy) is 2. The minimum Gasteiger partial charge on any atom is -0.478 e. The molecule has 3 aromatic rings. The third-order valence-corrected chi connectivity index (χ3v) is 4.03. The first-order valence-corrected chi connectivity index (χ1v) is 8.40. The van der Waals surface area contributed by atoms with E-state index in [0.717, 1.165) is 11.1 Å². The van der Waals surface area contributed by atoms with Gasteiger partial charge in [-0.15, -0.1) is 0 Å². The normalized spacial score (nSPS) is 11.4. The smallest absolute Gasteiger partial charge is 0.347 e. The van der Waals surface area contributed by atoms with Gasteiger partial charge in [0.15, 0.2) is 5.60 Å². The summed E-state index contributed by atoms with van der Waals surface area (Å²) in [4.78, 5) is 23.9. The van der Waals surface area contributed by atoms with Crippen LogP contribution in [0.3, 0.4) is 0 Å². The van der Waals surface area contributed by atoms with Crippen LogP contribution in [0.1, 0.15) is 25.0 Å². The lowest BCUT2D eigenvalue weighted by Crippen LogP contribution is -2.37. The van der Waals surface area contributed by atoms with E-state index in [2.05, 4.69) is 0 Å². The molecule has 140 valence electrons. The monoisotopic (exact) mass is 368 g/mol. The maximum absolute atomic E-state index is 12.7. The Bertz CT molecular complexity index is 1060. The Hall–Kier alpha value is -3.28. The van der Waals surface area contributed by atoms with Crippen molar-refractivity contribution in [2.24, 2.45) is 0 Å². The lowest BCUT2D eigenvalue weighted by atomic mass is 10.1. The Labute approximate surface area is 156 Å². The highest BCUT2D eigenvalue weighted by molar-refractivity contribution is 5.80. The van der Waals surface area contributed by atoms with Crippen molar-refractivity contribution in [3.8, 4) is 17.2 Å². The summed E-state index contributed by atoms with van der Waals surface area (Å²) in [5, 5.41) is 9.48. The SMILES string of the molecule is Cc1cc(C)cc(Oc2coc3cc(OC(C)(C)C(=O)O)ccc3c2=O)c1. The van der Waals surface area contributed by atoms with Gasteiger partial charge in [-0.3, -0.25) is 4.79 Å². The second-order valence-electron chi connectivity index (χ2n) is 6.93. The fourth-order valence-electron chi connectivity index (χ4n) is 2.68. The zero-order valence-electron chi connectivity index (χ0n) is 15.5. The van der Waals surface area contributed by atoms with E-state index in [1.165, 1.54) is 38.3 Å². The van der Waals surface area contributed by atoms with E-state index < -0.39 is 11.6 Å². The molecule has 0 aliphatic carbocycles. The number of carboxylic acid groups (broad SMARTS) is 1. The number of aryl methyl sites for hydroxylation is 2. The van der Waals surface area contributed by atoms with Gasteiger partial charge >= 0.3 is 5.97 Å². The van der Waals surface area contributed by atoms with Crippen molar-refractivity contribution < 1.29 is 23.8 Å². The quantitative estimate of drug-likeness (QED) is 0.716. The first-order chi connectivity index (χ1) is 12.7. The van der Waals surface area contributed by atoms with Gasteiger partial charge in [0, 0.05) is 6.07 Å². The molecule has 27 heavy (non-hydrogen) atoms. The molecule has 6 nitrogen and oxygen atoms in total. The van der Waals surface area contributed by atoms with Gasteiger partial charge in [0.1, 0.15) is 23.3 Å². The molecule has 1 heterocycles. The molecule has 0 spiro atoms. The van der Waals surface area contributed by atoms with E-state index >= 15 is 0 Å². The van der Waals surface area contributed by atoms with Gasteiger partial charge in [0.05, 0.1) is 5.39 Å². The highest BCUT2D eigenvalue weighted by atomic mass is 16.5. The van der Waals surface area contributed by atoms with E-state index in [9.17, 15) is 9.59 Å². The Kier molecular flexibility index (Phi) is 4.66. The van der Waals surface area contributed by atoms with Crippen LogP contribution in [0.15, 0.2) is 51.9 Å². The van der Waals surface area contributed by atoms with E-state index in [1.54, 1.807) is 0 Å². The first kappa shape index (κ1) is 18.5. The van der Waals surface area contributed by atoms with Crippen LogP contribution in [-0.4, -0.2) is 16.7 Å². The second kappa shape index (κ2) is 6.79. The molecule has 1 N–H and O–H groups in total. The first-order valence-electron chi connectivity index (χ1n) is 8.40. The summed E-state index contributed by atoms with van der Waals surface area (Å²) in [5.41, 5.74) is 0.613. The van der Waals surface area contributed by atoms with Gasteiger partial charge in [-0.1, -0.05) is 6.07 Å². The molecule has 0 saturated heterocycles. The minimum atomic E-state index is -1.40. The molecule has 0 atom stereocenters. The zero-order valence-corrected chi connectivity index (χ0v) is 15.5. The summed E-state index contributed by atoms with van der Waals surface area (Å²) in [7, 11) is 0. The summed E-state index contributed by atoms with van der Waals surface area (Å²) in [6.07, 6.45) is 1.24. The molecule has 6 heteroatoms. The third-order valence-electron chi connectivity index (χ3n) is 4.03. The van der Waals surface area contributed by atoms with Crippen molar-refractivity contribution in [1.82, 2.24) is 0 Å². The molecule has 3 rings (SSSR count). The lowest BCUT2D eigenvalue weighted by Gasteiger charge is -2.21. The lowest BCUT2D eigenvalue weighted by molar-refractivity contribution is -0.152. The van der Waals surface area contributed by atoms with E-state index in [-0.39, 0.29) is 16.8 Å². The Morgan fingerprint density at radius 1 is 1.04 bits per heavy atom. The van der Waals surface area contributed by atoms with Crippen molar-refractivity contribution in [3.63, 3.8) is 0 Å². The molecule has 0 bridgehead atoms. The van der Waals surface area contributed by atoms with Crippen LogP contribution < -0.4 is 14.9 Å². The van der Waals surface area contributed by atoms with Crippen molar-refractivity contribution in [1.29, 1.82) is 0 Å². The van der Waals surface area contributed by atoms with Crippen molar-refractivity contribution in [2.75, 3.05) is 0 Å². The molecule has 0 saturated carbocycles. The molecule has 1 aromatic heterocycles. The zero-order chi connectivity index (χ0) is 19.8. The summed E-state index contributed by atoms with van der Waals surface area (Å²) >= 11 is 0. The van der Waals surface area contributed by atoms with Crippen LogP contribution in [0.25, 0.3) is 11.0 Å². The highest BCUT2D eigenvalue weighted by Gasteiger charge is 2.29. The Morgan fingerprint density at radius 3 is 2.33 bits per heavy atom. The van der Waals surface area contributed by atoms with Crippen LogP contribution in [0.4, 0.5) is 0 Å². The summed E-state index contributed by atoms with van der Waals surface area (Å²) in [6.45, 7) is 6.78. The van der Waals surface area contributed by atoms with Gasteiger partial charge in [0.25, 0.3) is 0 Å². The van der Waals surface area contributed by atoms with Gasteiger partial charge in [-0.2, -0.15) is 0 Å². The van der Waals surface area contributed by atoms with Crippen molar-refractivity contribution in [2.45, 2.75) is 33.3 Å². The summed E-state index contributed by atoms with van der Waals surface area (Å²) in [6, 6.07) is 10.2. The number of benzene rings is 2. The van der Waals surface area contributed by atoms with Crippen LogP contribution in [0.5, 0.6) is 17.2 Å². The van der Waals surface area contributed by atoms with Crippen LogP contribution in [0.2, 0.25) is 0 Å². The molecule has 0 fully saturated rings. The van der Waals surface area contributed by atoms with Gasteiger partial charge < -0.3 is 19.0 Å². The number of carbonyl (C=O) groups is 1. The summed E-state index contributed by atoms with van der Waals surface area (Å²) in [5.74, 6) is -0.170. The van der Waals surface area contributed by atoms with Crippen molar-refractivity contribution in [3.05, 3.63) is 64.0 Å². The molecular formula is C21H20O6. The van der Waals surface area contributed by atoms with E-state index in [0.29, 0.717) is 16.9 Å². The van der Waals surface area contributed by atoms with Crippen LogP contribution in [0, 0.1) is 13.8 Å². The van der Waals surface area contributed by atoms with Gasteiger partial charge in [-0.05, 0) is 63.1 Å². The van der Waals surface area contributed by atoms with Crippen LogP contribution >= 0.6 is 0 Å². The molecule has 0 radical (unpaired) electrons. The topological polar surface area (TPSA) is 86.0 Å². The van der Waals surface area contributed by atoms with E-state index in [1.807, 2.05) is 32.0 Å². The van der Waals surface area contributed by atoms with Crippen molar-refractivity contribution >= 4 is 16.9 Å². The maximum atomic E-state index is 12.7.